The smallest absolute Gasteiger partial charge is 0.123 e. The molecule has 0 radical (unpaired) electrons. The molecule has 1 unspecified atom stereocenters. The minimum absolute atomic E-state index is 0.312. The number of halogens is 1. The van der Waals surface area contributed by atoms with E-state index in [-0.39, 0.29) is 5.82 Å². The Morgan fingerprint density at radius 3 is 2.28 bits per heavy atom. The standard InChI is InChI=1S/C16H17FO/c1-11-5-3-6-12(2)15(11)10-16(18)13-7-4-8-14(17)9-13/h3-9,16,18H,10H2,1-2H3. The minimum atomic E-state index is -0.666. The zero-order valence-corrected chi connectivity index (χ0v) is 10.7. The lowest BCUT2D eigenvalue weighted by atomic mass is 9.94. The van der Waals surface area contributed by atoms with Crippen LogP contribution in [0.25, 0.3) is 0 Å². The van der Waals surface area contributed by atoms with Gasteiger partial charge in [0.2, 0.25) is 0 Å². The van der Waals surface area contributed by atoms with Crippen LogP contribution in [0, 0.1) is 19.7 Å². The molecule has 1 atom stereocenters. The van der Waals surface area contributed by atoms with Gasteiger partial charge in [-0.3, -0.25) is 0 Å². The highest BCUT2D eigenvalue weighted by molar-refractivity contribution is 5.35. The van der Waals surface area contributed by atoms with Gasteiger partial charge in [0.1, 0.15) is 5.82 Å². The molecule has 2 heteroatoms. The Hall–Kier alpha value is -1.67. The Morgan fingerprint density at radius 1 is 1.06 bits per heavy atom. The topological polar surface area (TPSA) is 20.2 Å². The second-order valence-corrected chi connectivity index (χ2v) is 4.65. The fourth-order valence-corrected chi connectivity index (χ4v) is 2.20. The van der Waals surface area contributed by atoms with E-state index in [2.05, 4.69) is 0 Å². The van der Waals surface area contributed by atoms with Crippen LogP contribution in [0.4, 0.5) is 4.39 Å². The summed E-state index contributed by atoms with van der Waals surface area (Å²) >= 11 is 0. The van der Waals surface area contributed by atoms with Gasteiger partial charge in [0, 0.05) is 6.42 Å². The van der Waals surface area contributed by atoms with Crippen LogP contribution in [0.3, 0.4) is 0 Å². The van der Waals surface area contributed by atoms with Crippen LogP contribution >= 0.6 is 0 Å². The van der Waals surface area contributed by atoms with Gasteiger partial charge in [0.15, 0.2) is 0 Å². The molecule has 0 aliphatic carbocycles. The lowest BCUT2D eigenvalue weighted by Gasteiger charge is -2.15. The van der Waals surface area contributed by atoms with E-state index in [0.29, 0.717) is 12.0 Å². The van der Waals surface area contributed by atoms with Gasteiger partial charge in [-0.1, -0.05) is 30.3 Å². The SMILES string of the molecule is Cc1cccc(C)c1CC(O)c1cccc(F)c1. The Balaban J connectivity index is 2.24. The zero-order chi connectivity index (χ0) is 13.1. The third-order valence-electron chi connectivity index (χ3n) is 3.28. The van der Waals surface area contributed by atoms with Gasteiger partial charge in [-0.15, -0.1) is 0 Å². The van der Waals surface area contributed by atoms with Crippen molar-refractivity contribution in [3.05, 3.63) is 70.5 Å². The van der Waals surface area contributed by atoms with E-state index in [0.717, 1.165) is 16.7 Å². The molecule has 0 aliphatic heterocycles. The number of hydrogen-bond donors (Lipinski definition) is 1. The number of rotatable bonds is 3. The molecular formula is C16H17FO. The van der Waals surface area contributed by atoms with Crippen LogP contribution in [-0.4, -0.2) is 5.11 Å². The molecule has 0 amide bonds. The van der Waals surface area contributed by atoms with E-state index in [4.69, 9.17) is 0 Å². The molecule has 0 heterocycles. The van der Waals surface area contributed by atoms with Crippen molar-refractivity contribution in [3.63, 3.8) is 0 Å². The number of benzene rings is 2. The van der Waals surface area contributed by atoms with E-state index in [1.54, 1.807) is 12.1 Å². The van der Waals surface area contributed by atoms with E-state index in [9.17, 15) is 9.50 Å². The first-order chi connectivity index (χ1) is 8.58. The summed E-state index contributed by atoms with van der Waals surface area (Å²) in [6.45, 7) is 4.06. The maximum Gasteiger partial charge on any atom is 0.123 e. The summed E-state index contributed by atoms with van der Waals surface area (Å²) in [7, 11) is 0. The molecule has 18 heavy (non-hydrogen) atoms. The molecule has 0 aliphatic rings. The lowest BCUT2D eigenvalue weighted by Crippen LogP contribution is -2.05. The average molecular weight is 244 g/mol. The van der Waals surface area contributed by atoms with Gasteiger partial charge in [0.05, 0.1) is 6.10 Å². The van der Waals surface area contributed by atoms with Gasteiger partial charge in [-0.25, -0.2) is 4.39 Å². The fourth-order valence-electron chi connectivity index (χ4n) is 2.20. The molecule has 0 fully saturated rings. The van der Waals surface area contributed by atoms with Crippen LogP contribution in [0.2, 0.25) is 0 Å². The number of aliphatic hydroxyl groups is 1. The number of aliphatic hydroxyl groups excluding tert-OH is 1. The number of hydrogen-bond acceptors (Lipinski definition) is 1. The summed E-state index contributed by atoms with van der Waals surface area (Å²) in [4.78, 5) is 0. The van der Waals surface area contributed by atoms with Crippen LogP contribution in [-0.2, 0) is 6.42 Å². The molecule has 0 spiro atoms. The van der Waals surface area contributed by atoms with Crippen molar-refractivity contribution < 1.29 is 9.50 Å². The largest absolute Gasteiger partial charge is 0.388 e. The van der Waals surface area contributed by atoms with Gasteiger partial charge < -0.3 is 5.11 Å². The molecular weight excluding hydrogens is 227 g/mol. The van der Waals surface area contributed by atoms with E-state index < -0.39 is 6.10 Å². The summed E-state index contributed by atoms with van der Waals surface area (Å²) < 4.78 is 13.1. The van der Waals surface area contributed by atoms with Crippen molar-refractivity contribution in [1.82, 2.24) is 0 Å². The van der Waals surface area contributed by atoms with Crippen LogP contribution in [0.1, 0.15) is 28.4 Å². The van der Waals surface area contributed by atoms with E-state index in [1.165, 1.54) is 12.1 Å². The van der Waals surface area contributed by atoms with Crippen molar-refractivity contribution in [3.8, 4) is 0 Å². The van der Waals surface area contributed by atoms with Crippen LogP contribution in [0.5, 0.6) is 0 Å². The zero-order valence-electron chi connectivity index (χ0n) is 10.7. The molecule has 0 aromatic heterocycles. The predicted molar refractivity (Wildman–Crippen MR) is 71.0 cm³/mol. The summed E-state index contributed by atoms with van der Waals surface area (Å²) in [5.41, 5.74) is 4.07. The Labute approximate surface area is 107 Å². The molecule has 1 nitrogen and oxygen atoms in total. The summed E-state index contributed by atoms with van der Waals surface area (Å²) in [5, 5.41) is 10.2. The molecule has 2 rings (SSSR count). The second-order valence-electron chi connectivity index (χ2n) is 4.65. The van der Waals surface area contributed by atoms with Crippen molar-refractivity contribution in [1.29, 1.82) is 0 Å². The highest BCUT2D eigenvalue weighted by Crippen LogP contribution is 2.23. The normalized spacial score (nSPS) is 12.4. The summed E-state index contributed by atoms with van der Waals surface area (Å²) in [6.07, 6.45) is -0.150. The fraction of sp³-hybridized carbons (Fsp3) is 0.250. The van der Waals surface area contributed by atoms with Gasteiger partial charge >= 0.3 is 0 Å². The quantitative estimate of drug-likeness (QED) is 0.872. The average Bonchev–Trinajstić information content (AvgIpc) is 2.34. The van der Waals surface area contributed by atoms with Gasteiger partial charge in [0.25, 0.3) is 0 Å². The monoisotopic (exact) mass is 244 g/mol. The predicted octanol–water partition coefficient (Wildman–Crippen LogP) is 3.72. The van der Waals surface area contributed by atoms with E-state index >= 15 is 0 Å². The first-order valence-corrected chi connectivity index (χ1v) is 6.06. The third kappa shape index (κ3) is 2.77. The van der Waals surface area contributed by atoms with E-state index in [1.807, 2.05) is 32.0 Å². The Kier molecular flexibility index (Phi) is 3.78. The number of aryl methyl sites for hydroxylation is 2. The highest BCUT2D eigenvalue weighted by atomic mass is 19.1. The maximum atomic E-state index is 13.1. The Bertz CT molecular complexity index is 528. The maximum absolute atomic E-state index is 13.1. The minimum Gasteiger partial charge on any atom is -0.388 e. The van der Waals surface area contributed by atoms with Crippen molar-refractivity contribution in [2.24, 2.45) is 0 Å². The molecule has 1 N–H and O–H groups in total. The molecule has 0 saturated carbocycles. The van der Waals surface area contributed by atoms with Crippen molar-refractivity contribution >= 4 is 0 Å². The lowest BCUT2D eigenvalue weighted by molar-refractivity contribution is 0.177. The van der Waals surface area contributed by atoms with Crippen LogP contribution in [0.15, 0.2) is 42.5 Å². The second kappa shape index (κ2) is 5.32. The highest BCUT2D eigenvalue weighted by Gasteiger charge is 2.12. The van der Waals surface area contributed by atoms with Crippen LogP contribution < -0.4 is 0 Å². The molecule has 0 bridgehead atoms. The van der Waals surface area contributed by atoms with Crippen molar-refractivity contribution in [2.75, 3.05) is 0 Å². The molecule has 0 saturated heterocycles. The summed E-state index contributed by atoms with van der Waals surface area (Å²) in [5.74, 6) is -0.312. The molecule has 2 aromatic carbocycles. The molecule has 2 aromatic rings. The summed E-state index contributed by atoms with van der Waals surface area (Å²) in [6, 6.07) is 12.2. The van der Waals surface area contributed by atoms with Gasteiger partial charge in [-0.2, -0.15) is 0 Å². The first-order valence-electron chi connectivity index (χ1n) is 6.06. The van der Waals surface area contributed by atoms with Crippen molar-refractivity contribution in [2.45, 2.75) is 26.4 Å². The Morgan fingerprint density at radius 2 is 1.67 bits per heavy atom. The van der Waals surface area contributed by atoms with Gasteiger partial charge in [-0.05, 0) is 48.2 Å². The first kappa shape index (κ1) is 12.8. The molecule has 94 valence electrons. The third-order valence-corrected chi connectivity index (χ3v) is 3.28.